The number of aryl methyl sites for hydroxylation is 1. The van der Waals surface area contributed by atoms with Crippen LogP contribution in [0.5, 0.6) is 5.75 Å². The van der Waals surface area contributed by atoms with Crippen molar-refractivity contribution in [3.8, 4) is 5.75 Å². The van der Waals surface area contributed by atoms with Gasteiger partial charge in [0.15, 0.2) is 6.61 Å². The summed E-state index contributed by atoms with van der Waals surface area (Å²) in [6.07, 6.45) is 3.82. The molecule has 1 aromatic rings. The molecule has 3 rings (SSSR count). The van der Waals surface area contributed by atoms with E-state index in [4.69, 9.17) is 4.74 Å². The molecular weight excluding hydrogens is 302 g/mol. The first kappa shape index (κ1) is 17.3. The predicted molar refractivity (Wildman–Crippen MR) is 94.1 cm³/mol. The predicted octanol–water partition coefficient (Wildman–Crippen LogP) is 3.08. The third-order valence-electron chi connectivity index (χ3n) is 6.19. The van der Waals surface area contributed by atoms with Gasteiger partial charge in [-0.15, -0.1) is 0 Å². The molecule has 1 N–H and O–H groups in total. The first-order valence-corrected chi connectivity index (χ1v) is 9.14. The molecule has 4 nitrogen and oxygen atoms in total. The molecule has 2 aliphatic rings. The Morgan fingerprint density at radius 3 is 2.92 bits per heavy atom. The number of rotatable bonds is 4. The number of likely N-dealkylation sites (tertiary alicyclic amines) is 1. The maximum atomic E-state index is 12.6. The van der Waals surface area contributed by atoms with Crippen molar-refractivity contribution in [3.63, 3.8) is 0 Å². The van der Waals surface area contributed by atoms with E-state index in [0.29, 0.717) is 12.5 Å². The van der Waals surface area contributed by atoms with Crippen molar-refractivity contribution in [3.05, 3.63) is 29.3 Å². The molecular formula is C20H29NO3. The van der Waals surface area contributed by atoms with Gasteiger partial charge < -0.3 is 14.7 Å². The van der Waals surface area contributed by atoms with Crippen molar-refractivity contribution < 1.29 is 14.6 Å². The lowest BCUT2D eigenvalue weighted by atomic mass is 9.69. The molecule has 0 unspecified atom stereocenters. The number of hydrogen-bond donors (Lipinski definition) is 1. The van der Waals surface area contributed by atoms with Crippen molar-refractivity contribution in [1.82, 2.24) is 4.90 Å². The van der Waals surface area contributed by atoms with Crippen molar-refractivity contribution >= 4 is 5.91 Å². The third-order valence-corrected chi connectivity index (χ3v) is 6.19. The van der Waals surface area contributed by atoms with Gasteiger partial charge in [0.25, 0.3) is 5.91 Å². The van der Waals surface area contributed by atoms with E-state index < -0.39 is 5.60 Å². The molecule has 0 aromatic heterocycles. The van der Waals surface area contributed by atoms with Crippen LogP contribution in [-0.4, -0.2) is 41.2 Å². The van der Waals surface area contributed by atoms with Crippen LogP contribution in [0.4, 0.5) is 0 Å². The third kappa shape index (κ3) is 3.16. The highest BCUT2D eigenvalue weighted by molar-refractivity contribution is 5.78. The van der Waals surface area contributed by atoms with E-state index in [2.05, 4.69) is 6.92 Å². The fourth-order valence-corrected chi connectivity index (χ4v) is 4.38. The van der Waals surface area contributed by atoms with Crippen LogP contribution in [-0.2, 0) is 4.79 Å². The number of hydrogen-bond acceptors (Lipinski definition) is 3. The lowest BCUT2D eigenvalue weighted by molar-refractivity contribution is -0.132. The first-order valence-electron chi connectivity index (χ1n) is 9.14. The Morgan fingerprint density at radius 1 is 1.38 bits per heavy atom. The van der Waals surface area contributed by atoms with Crippen LogP contribution in [0.3, 0.4) is 0 Å². The second-order valence-corrected chi connectivity index (χ2v) is 7.50. The summed E-state index contributed by atoms with van der Waals surface area (Å²) in [6.45, 7) is 7.62. The number of fused-ring (bicyclic) bond motifs is 1. The second-order valence-electron chi connectivity index (χ2n) is 7.50. The molecule has 1 aliphatic carbocycles. The molecule has 1 amide bonds. The Hall–Kier alpha value is -1.55. The SMILES string of the molecule is CC[C@@]1(O)CCC[C@@H]2CN(C(=O)COc3cccc(C)c3C)C[C@@H]21. The smallest absolute Gasteiger partial charge is 0.260 e. The number of amides is 1. The first-order chi connectivity index (χ1) is 11.4. The number of benzene rings is 1. The van der Waals surface area contributed by atoms with E-state index in [9.17, 15) is 9.90 Å². The zero-order valence-electron chi connectivity index (χ0n) is 15.0. The fraction of sp³-hybridized carbons (Fsp3) is 0.650. The van der Waals surface area contributed by atoms with Crippen LogP contribution in [0, 0.1) is 25.7 Å². The van der Waals surface area contributed by atoms with Crippen LogP contribution in [0.15, 0.2) is 18.2 Å². The highest BCUT2D eigenvalue weighted by atomic mass is 16.5. The second kappa shape index (κ2) is 6.75. The van der Waals surface area contributed by atoms with Crippen molar-refractivity contribution in [2.45, 2.75) is 52.1 Å². The molecule has 1 heterocycles. The molecule has 3 atom stereocenters. The molecule has 0 bridgehead atoms. The maximum Gasteiger partial charge on any atom is 0.260 e. The van der Waals surface area contributed by atoms with Gasteiger partial charge in [-0.3, -0.25) is 4.79 Å². The molecule has 0 spiro atoms. The van der Waals surface area contributed by atoms with E-state index in [1.54, 1.807) is 0 Å². The summed E-state index contributed by atoms with van der Waals surface area (Å²) in [7, 11) is 0. The topological polar surface area (TPSA) is 49.8 Å². The van der Waals surface area contributed by atoms with Crippen molar-refractivity contribution in [1.29, 1.82) is 0 Å². The van der Waals surface area contributed by atoms with Gasteiger partial charge in [-0.05, 0) is 56.2 Å². The highest BCUT2D eigenvalue weighted by Gasteiger charge is 2.48. The summed E-state index contributed by atoms with van der Waals surface area (Å²) in [5.74, 6) is 1.48. The number of carbonyl (C=O) groups excluding carboxylic acids is 1. The van der Waals surface area contributed by atoms with Gasteiger partial charge in [-0.2, -0.15) is 0 Å². The minimum atomic E-state index is -0.591. The monoisotopic (exact) mass is 331 g/mol. The molecule has 1 aromatic carbocycles. The van der Waals surface area contributed by atoms with Gasteiger partial charge in [-0.25, -0.2) is 0 Å². The quantitative estimate of drug-likeness (QED) is 0.922. The summed E-state index contributed by atoms with van der Waals surface area (Å²) in [6, 6.07) is 5.91. The molecule has 132 valence electrons. The zero-order chi connectivity index (χ0) is 17.3. The molecule has 1 saturated carbocycles. The number of nitrogens with zero attached hydrogens (tertiary/aromatic N) is 1. The Labute approximate surface area is 144 Å². The van der Waals surface area contributed by atoms with E-state index in [-0.39, 0.29) is 18.4 Å². The van der Waals surface area contributed by atoms with Gasteiger partial charge >= 0.3 is 0 Å². The van der Waals surface area contributed by atoms with E-state index >= 15 is 0 Å². The fourth-order valence-electron chi connectivity index (χ4n) is 4.38. The Balaban J connectivity index is 1.61. The molecule has 1 aliphatic heterocycles. The van der Waals surface area contributed by atoms with Crippen LogP contribution in [0.2, 0.25) is 0 Å². The Bertz CT molecular complexity index is 615. The number of ether oxygens (including phenoxy) is 1. The van der Waals surface area contributed by atoms with Gasteiger partial charge in [0.05, 0.1) is 5.60 Å². The van der Waals surface area contributed by atoms with Gasteiger partial charge in [0.1, 0.15) is 5.75 Å². The molecule has 0 radical (unpaired) electrons. The molecule has 2 fully saturated rings. The molecule has 4 heteroatoms. The lowest BCUT2D eigenvalue weighted by Gasteiger charge is -2.40. The molecule has 1 saturated heterocycles. The highest BCUT2D eigenvalue weighted by Crippen LogP contribution is 2.44. The van der Waals surface area contributed by atoms with Gasteiger partial charge in [0.2, 0.25) is 0 Å². The lowest BCUT2D eigenvalue weighted by Crippen LogP contribution is -2.44. The normalized spacial score (nSPS) is 29.4. The Kier molecular flexibility index (Phi) is 4.86. The maximum absolute atomic E-state index is 12.6. The molecule has 24 heavy (non-hydrogen) atoms. The van der Waals surface area contributed by atoms with E-state index in [0.717, 1.165) is 43.5 Å². The minimum absolute atomic E-state index is 0.0313. The average Bonchev–Trinajstić information content (AvgIpc) is 3.02. The van der Waals surface area contributed by atoms with E-state index in [1.165, 1.54) is 5.56 Å². The van der Waals surface area contributed by atoms with Crippen LogP contribution >= 0.6 is 0 Å². The summed E-state index contributed by atoms with van der Waals surface area (Å²) < 4.78 is 5.77. The van der Waals surface area contributed by atoms with Gasteiger partial charge in [0, 0.05) is 19.0 Å². The largest absolute Gasteiger partial charge is 0.483 e. The van der Waals surface area contributed by atoms with E-state index in [1.807, 2.05) is 36.9 Å². The number of carbonyl (C=O) groups is 1. The summed E-state index contributed by atoms with van der Waals surface area (Å²) in [5, 5.41) is 10.9. The standard InChI is InChI=1S/C20H29NO3/c1-4-20(23)10-6-8-16-11-21(12-17(16)20)19(22)13-24-18-9-5-7-14(2)15(18)3/h5,7,9,16-17,23H,4,6,8,10-13H2,1-3H3/t16-,17+,20-/m1/s1. The van der Waals surface area contributed by atoms with Crippen LogP contribution in [0.25, 0.3) is 0 Å². The van der Waals surface area contributed by atoms with Crippen LogP contribution < -0.4 is 4.74 Å². The summed E-state index contributed by atoms with van der Waals surface area (Å²) in [4.78, 5) is 14.5. The summed E-state index contributed by atoms with van der Waals surface area (Å²) in [5.41, 5.74) is 1.66. The van der Waals surface area contributed by atoms with Crippen molar-refractivity contribution in [2.24, 2.45) is 11.8 Å². The van der Waals surface area contributed by atoms with Gasteiger partial charge in [-0.1, -0.05) is 25.5 Å². The average molecular weight is 331 g/mol. The Morgan fingerprint density at radius 2 is 2.17 bits per heavy atom. The summed E-state index contributed by atoms with van der Waals surface area (Å²) >= 11 is 0. The van der Waals surface area contributed by atoms with Crippen LogP contribution in [0.1, 0.15) is 43.7 Å². The van der Waals surface area contributed by atoms with Crippen molar-refractivity contribution in [2.75, 3.05) is 19.7 Å². The number of aliphatic hydroxyl groups is 1. The zero-order valence-corrected chi connectivity index (χ0v) is 15.0. The minimum Gasteiger partial charge on any atom is -0.483 e.